The lowest BCUT2D eigenvalue weighted by molar-refractivity contribution is 0.199. The Bertz CT molecular complexity index is 354. The molecular formula is C14H27N3OS. The van der Waals surface area contributed by atoms with Gasteiger partial charge in [0.05, 0.1) is 6.61 Å². The molecule has 0 amide bonds. The van der Waals surface area contributed by atoms with E-state index in [-0.39, 0.29) is 0 Å². The second-order valence-electron chi connectivity index (χ2n) is 5.37. The van der Waals surface area contributed by atoms with Gasteiger partial charge in [0, 0.05) is 44.4 Å². The molecule has 0 aliphatic carbocycles. The second kappa shape index (κ2) is 8.51. The molecule has 0 radical (unpaired) electrons. The molecule has 1 aromatic heterocycles. The maximum Gasteiger partial charge on any atom is 0.185 e. The molecule has 4 nitrogen and oxygen atoms in total. The fourth-order valence-corrected chi connectivity index (χ4v) is 2.90. The van der Waals surface area contributed by atoms with Gasteiger partial charge in [0.2, 0.25) is 0 Å². The van der Waals surface area contributed by atoms with Crippen LogP contribution in [0.15, 0.2) is 6.20 Å². The number of hydrogen-bond acceptors (Lipinski definition) is 5. The van der Waals surface area contributed by atoms with E-state index in [2.05, 4.69) is 43.0 Å². The Hall–Kier alpha value is -0.650. The molecule has 110 valence electrons. The van der Waals surface area contributed by atoms with Crippen LogP contribution in [0.25, 0.3) is 0 Å². The van der Waals surface area contributed by atoms with Gasteiger partial charge in [-0.2, -0.15) is 0 Å². The van der Waals surface area contributed by atoms with Crippen LogP contribution in [-0.4, -0.2) is 38.3 Å². The van der Waals surface area contributed by atoms with Gasteiger partial charge >= 0.3 is 0 Å². The van der Waals surface area contributed by atoms with Crippen molar-refractivity contribution in [2.75, 3.05) is 32.2 Å². The zero-order valence-corrected chi connectivity index (χ0v) is 13.6. The maximum atomic E-state index is 5.01. The number of methoxy groups -OCH3 is 1. The Morgan fingerprint density at radius 2 is 2.16 bits per heavy atom. The Labute approximate surface area is 121 Å². The average molecular weight is 285 g/mol. The Balaban J connectivity index is 2.44. The second-order valence-corrected chi connectivity index (χ2v) is 6.46. The van der Waals surface area contributed by atoms with Crippen LogP contribution < -0.4 is 10.2 Å². The van der Waals surface area contributed by atoms with Crippen molar-refractivity contribution in [3.8, 4) is 0 Å². The number of thiazole rings is 1. The largest absolute Gasteiger partial charge is 0.383 e. The van der Waals surface area contributed by atoms with Gasteiger partial charge in [0.25, 0.3) is 0 Å². The van der Waals surface area contributed by atoms with Crippen LogP contribution in [0.4, 0.5) is 5.13 Å². The van der Waals surface area contributed by atoms with Crippen molar-refractivity contribution in [1.82, 2.24) is 10.3 Å². The van der Waals surface area contributed by atoms with E-state index in [1.54, 1.807) is 18.4 Å². The molecule has 1 N–H and O–H groups in total. The van der Waals surface area contributed by atoms with E-state index < -0.39 is 0 Å². The summed E-state index contributed by atoms with van der Waals surface area (Å²) in [6, 6.07) is 0.528. The molecule has 0 aliphatic heterocycles. The molecule has 0 spiro atoms. The topological polar surface area (TPSA) is 37.4 Å². The van der Waals surface area contributed by atoms with Crippen LogP contribution in [0, 0.1) is 5.92 Å². The van der Waals surface area contributed by atoms with E-state index in [4.69, 9.17) is 4.74 Å². The molecule has 0 bridgehead atoms. The summed E-state index contributed by atoms with van der Waals surface area (Å²) in [6.07, 6.45) is 3.16. The fourth-order valence-electron chi connectivity index (χ4n) is 1.96. The zero-order chi connectivity index (χ0) is 14.3. The lowest BCUT2D eigenvalue weighted by Crippen LogP contribution is -2.29. The highest BCUT2D eigenvalue weighted by Crippen LogP contribution is 2.24. The first-order chi connectivity index (χ1) is 9.04. The molecule has 0 aliphatic rings. The summed E-state index contributed by atoms with van der Waals surface area (Å²) < 4.78 is 5.01. The number of anilines is 1. The first kappa shape index (κ1) is 16.4. The minimum absolute atomic E-state index is 0.528. The number of nitrogens with one attached hydrogen (secondary N) is 1. The van der Waals surface area contributed by atoms with E-state index in [1.807, 2.05) is 6.20 Å². The summed E-state index contributed by atoms with van der Waals surface area (Å²) >= 11 is 1.77. The van der Waals surface area contributed by atoms with Gasteiger partial charge in [-0.1, -0.05) is 13.8 Å². The van der Waals surface area contributed by atoms with Crippen molar-refractivity contribution >= 4 is 16.5 Å². The van der Waals surface area contributed by atoms with Crippen LogP contribution in [0.2, 0.25) is 0 Å². The molecule has 1 atom stereocenters. The predicted molar refractivity (Wildman–Crippen MR) is 83.0 cm³/mol. The molecule has 0 saturated carbocycles. The number of hydrogen-bond donors (Lipinski definition) is 1. The molecule has 0 aromatic carbocycles. The van der Waals surface area contributed by atoms with Crippen molar-refractivity contribution in [1.29, 1.82) is 0 Å². The summed E-state index contributed by atoms with van der Waals surface area (Å²) in [5.74, 6) is 0.715. The molecular weight excluding hydrogens is 258 g/mol. The molecule has 1 unspecified atom stereocenters. The van der Waals surface area contributed by atoms with Crippen molar-refractivity contribution < 1.29 is 4.74 Å². The predicted octanol–water partition coefficient (Wildman–Crippen LogP) is 2.75. The molecule has 0 fully saturated rings. The summed E-state index contributed by atoms with van der Waals surface area (Å²) in [4.78, 5) is 8.07. The number of aromatic nitrogens is 1. The van der Waals surface area contributed by atoms with Crippen molar-refractivity contribution in [3.05, 3.63) is 11.1 Å². The van der Waals surface area contributed by atoms with Gasteiger partial charge in [-0.05, 0) is 19.3 Å². The van der Waals surface area contributed by atoms with E-state index in [0.717, 1.165) is 24.8 Å². The highest BCUT2D eigenvalue weighted by molar-refractivity contribution is 7.15. The molecule has 1 rings (SSSR count). The summed E-state index contributed by atoms with van der Waals surface area (Å²) in [7, 11) is 3.85. The lowest BCUT2D eigenvalue weighted by Gasteiger charge is -2.25. The van der Waals surface area contributed by atoms with E-state index in [9.17, 15) is 0 Å². The van der Waals surface area contributed by atoms with E-state index in [0.29, 0.717) is 12.0 Å². The number of ether oxygens (including phenoxy) is 1. The highest BCUT2D eigenvalue weighted by Gasteiger charge is 2.14. The molecule has 1 aromatic rings. The third kappa shape index (κ3) is 5.89. The summed E-state index contributed by atoms with van der Waals surface area (Å²) in [5, 5.41) is 4.45. The van der Waals surface area contributed by atoms with Crippen LogP contribution in [0.3, 0.4) is 0 Å². The smallest absolute Gasteiger partial charge is 0.185 e. The average Bonchev–Trinajstić information content (AvgIpc) is 2.81. The van der Waals surface area contributed by atoms with Gasteiger partial charge in [-0.15, -0.1) is 11.3 Å². The minimum atomic E-state index is 0.528. The van der Waals surface area contributed by atoms with Crippen LogP contribution in [0.1, 0.15) is 32.1 Å². The first-order valence-electron chi connectivity index (χ1n) is 6.91. The maximum absolute atomic E-state index is 5.01. The molecule has 1 heterocycles. The van der Waals surface area contributed by atoms with Crippen molar-refractivity contribution in [2.45, 2.75) is 39.8 Å². The van der Waals surface area contributed by atoms with Crippen LogP contribution in [0.5, 0.6) is 0 Å². The minimum Gasteiger partial charge on any atom is -0.383 e. The Kier molecular flexibility index (Phi) is 7.34. The first-order valence-corrected chi connectivity index (χ1v) is 7.73. The summed E-state index contributed by atoms with van der Waals surface area (Å²) in [5.41, 5.74) is 0. The van der Waals surface area contributed by atoms with Crippen LogP contribution >= 0.6 is 11.3 Å². The zero-order valence-electron chi connectivity index (χ0n) is 12.8. The Morgan fingerprint density at radius 1 is 1.42 bits per heavy atom. The highest BCUT2D eigenvalue weighted by atomic mass is 32.1. The monoisotopic (exact) mass is 285 g/mol. The number of nitrogens with zero attached hydrogens (tertiary/aromatic N) is 2. The van der Waals surface area contributed by atoms with Gasteiger partial charge in [-0.3, -0.25) is 0 Å². The number of rotatable bonds is 9. The molecule has 5 heteroatoms. The SMILES string of the molecule is COCCNCc1cnc(N(C)C(C)CC(C)C)s1. The van der Waals surface area contributed by atoms with Gasteiger partial charge in [-0.25, -0.2) is 4.98 Å². The molecule has 0 saturated heterocycles. The van der Waals surface area contributed by atoms with Crippen molar-refractivity contribution in [3.63, 3.8) is 0 Å². The van der Waals surface area contributed by atoms with E-state index >= 15 is 0 Å². The Morgan fingerprint density at radius 3 is 2.79 bits per heavy atom. The summed E-state index contributed by atoms with van der Waals surface area (Å²) in [6.45, 7) is 9.28. The lowest BCUT2D eigenvalue weighted by atomic mass is 10.0. The van der Waals surface area contributed by atoms with Crippen LogP contribution in [-0.2, 0) is 11.3 Å². The fraction of sp³-hybridized carbons (Fsp3) is 0.786. The van der Waals surface area contributed by atoms with Gasteiger partial charge < -0.3 is 15.0 Å². The van der Waals surface area contributed by atoms with E-state index in [1.165, 1.54) is 11.3 Å². The molecule has 19 heavy (non-hydrogen) atoms. The standard InChI is InChI=1S/C14H27N3OS/c1-11(2)8-12(3)17(4)14-16-10-13(19-14)9-15-6-7-18-5/h10-12,15H,6-9H2,1-5H3. The quantitative estimate of drug-likeness (QED) is 0.708. The third-order valence-corrected chi connectivity index (χ3v) is 4.19. The van der Waals surface area contributed by atoms with Gasteiger partial charge in [0.1, 0.15) is 0 Å². The normalized spacial score (nSPS) is 12.9. The van der Waals surface area contributed by atoms with Gasteiger partial charge in [0.15, 0.2) is 5.13 Å². The van der Waals surface area contributed by atoms with Crippen molar-refractivity contribution in [2.24, 2.45) is 5.92 Å². The third-order valence-electron chi connectivity index (χ3n) is 3.10.